The molecule has 0 atom stereocenters. The third-order valence-corrected chi connectivity index (χ3v) is 1.37. The van der Waals surface area contributed by atoms with Crippen molar-refractivity contribution in [2.24, 2.45) is 0 Å². The van der Waals surface area contributed by atoms with E-state index in [1.54, 1.807) is 6.92 Å². The van der Waals surface area contributed by atoms with Gasteiger partial charge in [-0.15, -0.1) is 4.98 Å². The standard InChI is InChI=1S/C9H8N2O2/c1-3-13-9(12)7-4-5-8(10-2)11-6-7/h4-6H,3H2,1H3. The van der Waals surface area contributed by atoms with E-state index in [-0.39, 0.29) is 5.82 Å². The predicted molar refractivity (Wildman–Crippen MR) is 46.5 cm³/mol. The molecule has 0 bridgehead atoms. The second-order valence-corrected chi connectivity index (χ2v) is 2.24. The maximum Gasteiger partial charge on any atom is 0.341 e. The molecule has 66 valence electrons. The first-order valence-corrected chi connectivity index (χ1v) is 3.78. The van der Waals surface area contributed by atoms with E-state index in [0.29, 0.717) is 12.2 Å². The average Bonchev–Trinajstić information content (AvgIpc) is 2.18. The van der Waals surface area contributed by atoms with Gasteiger partial charge < -0.3 is 9.58 Å². The summed E-state index contributed by atoms with van der Waals surface area (Å²) in [7, 11) is 0. The van der Waals surface area contributed by atoms with Gasteiger partial charge in [0.1, 0.15) is 11.8 Å². The van der Waals surface area contributed by atoms with E-state index in [2.05, 4.69) is 9.83 Å². The average molecular weight is 176 g/mol. The van der Waals surface area contributed by atoms with Gasteiger partial charge in [-0.3, -0.25) is 0 Å². The van der Waals surface area contributed by atoms with Crippen LogP contribution in [0.1, 0.15) is 17.3 Å². The van der Waals surface area contributed by atoms with Crippen molar-refractivity contribution in [2.45, 2.75) is 6.92 Å². The molecule has 0 radical (unpaired) electrons. The monoisotopic (exact) mass is 176 g/mol. The van der Waals surface area contributed by atoms with Gasteiger partial charge in [0.15, 0.2) is 0 Å². The molecule has 13 heavy (non-hydrogen) atoms. The Morgan fingerprint density at radius 2 is 2.46 bits per heavy atom. The van der Waals surface area contributed by atoms with Crippen LogP contribution in [0.3, 0.4) is 0 Å². The van der Waals surface area contributed by atoms with Crippen molar-refractivity contribution in [2.75, 3.05) is 6.61 Å². The van der Waals surface area contributed by atoms with Crippen LogP contribution in [-0.4, -0.2) is 17.6 Å². The molecule has 1 aromatic rings. The van der Waals surface area contributed by atoms with Gasteiger partial charge in [0.05, 0.1) is 6.61 Å². The van der Waals surface area contributed by atoms with Gasteiger partial charge in [-0.1, -0.05) is 12.6 Å². The number of rotatable bonds is 2. The minimum Gasteiger partial charge on any atom is -0.462 e. The molecule has 0 aliphatic heterocycles. The molecule has 0 fully saturated rings. The van der Waals surface area contributed by atoms with Crippen LogP contribution in [0.25, 0.3) is 4.85 Å². The fourth-order valence-corrected chi connectivity index (χ4v) is 0.787. The molecule has 4 nitrogen and oxygen atoms in total. The van der Waals surface area contributed by atoms with Crippen molar-refractivity contribution in [3.05, 3.63) is 35.3 Å². The molecule has 0 saturated heterocycles. The van der Waals surface area contributed by atoms with Crippen LogP contribution >= 0.6 is 0 Å². The molecular formula is C9H8N2O2. The third-order valence-electron chi connectivity index (χ3n) is 1.37. The fourth-order valence-electron chi connectivity index (χ4n) is 0.787. The Morgan fingerprint density at radius 1 is 1.69 bits per heavy atom. The van der Waals surface area contributed by atoms with Gasteiger partial charge >= 0.3 is 5.97 Å². The number of carbonyl (C=O) groups is 1. The molecule has 1 rings (SSSR count). The number of aromatic nitrogens is 1. The minimum absolute atomic E-state index is 0.271. The van der Waals surface area contributed by atoms with E-state index in [4.69, 9.17) is 11.3 Å². The van der Waals surface area contributed by atoms with Crippen LogP contribution in [0.4, 0.5) is 5.82 Å². The van der Waals surface area contributed by atoms with E-state index in [1.165, 1.54) is 18.3 Å². The lowest BCUT2D eigenvalue weighted by molar-refractivity contribution is 0.0526. The third kappa shape index (κ3) is 2.27. The molecule has 0 aliphatic rings. The van der Waals surface area contributed by atoms with Crippen molar-refractivity contribution in [3.8, 4) is 0 Å². The van der Waals surface area contributed by atoms with Crippen LogP contribution in [0, 0.1) is 6.57 Å². The van der Waals surface area contributed by atoms with Gasteiger partial charge in [0, 0.05) is 0 Å². The lowest BCUT2D eigenvalue weighted by Gasteiger charge is -1.98. The Morgan fingerprint density at radius 3 is 2.92 bits per heavy atom. The molecule has 0 saturated carbocycles. The highest BCUT2D eigenvalue weighted by Gasteiger charge is 2.07. The highest BCUT2D eigenvalue weighted by Crippen LogP contribution is 2.08. The summed E-state index contributed by atoms with van der Waals surface area (Å²) in [6.45, 7) is 8.72. The lowest BCUT2D eigenvalue weighted by Crippen LogP contribution is -2.04. The quantitative estimate of drug-likeness (QED) is 0.509. The summed E-state index contributed by atoms with van der Waals surface area (Å²) in [5.41, 5.74) is 0.370. The van der Waals surface area contributed by atoms with Crippen LogP contribution < -0.4 is 0 Å². The lowest BCUT2D eigenvalue weighted by atomic mass is 10.3. The summed E-state index contributed by atoms with van der Waals surface area (Å²) in [5.74, 6) is -0.139. The topological polar surface area (TPSA) is 43.5 Å². The Bertz CT molecular complexity index is 338. The molecule has 0 unspecified atom stereocenters. The first-order chi connectivity index (χ1) is 6.27. The van der Waals surface area contributed by atoms with E-state index < -0.39 is 5.97 Å². The SMILES string of the molecule is [C-]#[N+]c1ccc(C(=O)OCC)cn1. The van der Waals surface area contributed by atoms with Crippen molar-refractivity contribution < 1.29 is 9.53 Å². The van der Waals surface area contributed by atoms with E-state index in [0.717, 1.165) is 0 Å². The number of carbonyl (C=O) groups excluding carboxylic acids is 1. The normalized spacial score (nSPS) is 8.92. The fraction of sp³-hybridized carbons (Fsp3) is 0.222. The minimum atomic E-state index is -0.411. The van der Waals surface area contributed by atoms with Gasteiger partial charge in [0.25, 0.3) is 5.82 Å². The van der Waals surface area contributed by atoms with Crippen LogP contribution in [0.5, 0.6) is 0 Å². The summed E-state index contributed by atoms with van der Waals surface area (Å²) >= 11 is 0. The van der Waals surface area contributed by atoms with E-state index >= 15 is 0 Å². The molecule has 1 aromatic heterocycles. The molecule has 0 N–H and O–H groups in total. The van der Waals surface area contributed by atoms with Gasteiger partial charge in [0.2, 0.25) is 0 Å². The number of hydrogen-bond acceptors (Lipinski definition) is 3. The second-order valence-electron chi connectivity index (χ2n) is 2.24. The van der Waals surface area contributed by atoms with Gasteiger partial charge in [-0.2, -0.15) is 0 Å². The second kappa shape index (κ2) is 4.21. The summed E-state index contributed by atoms with van der Waals surface area (Å²) in [6.07, 6.45) is 1.34. The Labute approximate surface area is 76.0 Å². The summed E-state index contributed by atoms with van der Waals surface area (Å²) in [5, 5.41) is 0. The molecule has 0 amide bonds. The van der Waals surface area contributed by atoms with Crippen molar-refractivity contribution in [3.63, 3.8) is 0 Å². The van der Waals surface area contributed by atoms with Gasteiger partial charge in [-0.25, -0.2) is 4.79 Å². The van der Waals surface area contributed by atoms with Crippen molar-refractivity contribution in [1.29, 1.82) is 0 Å². The summed E-state index contributed by atoms with van der Waals surface area (Å²) in [6, 6.07) is 3.01. The smallest absolute Gasteiger partial charge is 0.341 e. The maximum atomic E-state index is 11.1. The molecule has 4 heteroatoms. The number of pyridine rings is 1. The Balaban J connectivity index is 2.81. The zero-order valence-electron chi connectivity index (χ0n) is 7.15. The predicted octanol–water partition coefficient (Wildman–Crippen LogP) is 1.81. The number of hydrogen-bond donors (Lipinski definition) is 0. The Hall–Kier alpha value is -1.89. The largest absolute Gasteiger partial charge is 0.462 e. The zero-order chi connectivity index (χ0) is 9.68. The Kier molecular flexibility index (Phi) is 2.98. The van der Waals surface area contributed by atoms with E-state index in [9.17, 15) is 4.79 Å². The first kappa shape index (κ1) is 9.20. The molecule has 0 aliphatic carbocycles. The number of esters is 1. The van der Waals surface area contributed by atoms with Crippen LogP contribution in [0.2, 0.25) is 0 Å². The highest BCUT2D eigenvalue weighted by atomic mass is 16.5. The van der Waals surface area contributed by atoms with Crippen LogP contribution in [-0.2, 0) is 4.74 Å². The number of nitrogens with zero attached hydrogens (tertiary/aromatic N) is 2. The maximum absolute atomic E-state index is 11.1. The number of ether oxygens (including phenoxy) is 1. The molecule has 0 aromatic carbocycles. The molecular weight excluding hydrogens is 168 g/mol. The summed E-state index contributed by atoms with van der Waals surface area (Å²) in [4.78, 5) is 18.0. The van der Waals surface area contributed by atoms with Crippen molar-refractivity contribution >= 4 is 11.8 Å². The first-order valence-electron chi connectivity index (χ1n) is 3.78. The molecule has 0 spiro atoms. The van der Waals surface area contributed by atoms with Crippen molar-refractivity contribution in [1.82, 2.24) is 4.98 Å². The zero-order valence-corrected chi connectivity index (χ0v) is 7.15. The summed E-state index contributed by atoms with van der Waals surface area (Å²) < 4.78 is 4.75. The molecule has 1 heterocycles. The highest BCUT2D eigenvalue weighted by molar-refractivity contribution is 5.89. The van der Waals surface area contributed by atoms with Crippen LogP contribution in [0.15, 0.2) is 18.3 Å². The van der Waals surface area contributed by atoms with Gasteiger partial charge in [-0.05, 0) is 13.0 Å². The van der Waals surface area contributed by atoms with E-state index in [1.807, 2.05) is 0 Å².